The van der Waals surface area contributed by atoms with Gasteiger partial charge in [-0.15, -0.1) is 12.4 Å². The zero-order valence-electron chi connectivity index (χ0n) is 15.1. The second-order valence-corrected chi connectivity index (χ2v) is 6.86. The van der Waals surface area contributed by atoms with Crippen LogP contribution in [0.15, 0.2) is 40.9 Å². The van der Waals surface area contributed by atoms with E-state index < -0.39 is 0 Å². The van der Waals surface area contributed by atoms with E-state index in [0.717, 1.165) is 47.4 Å². The van der Waals surface area contributed by atoms with Crippen molar-refractivity contribution in [1.29, 1.82) is 0 Å². The lowest BCUT2D eigenvalue weighted by atomic mass is 10.1. The Morgan fingerprint density at radius 1 is 1.08 bits per heavy atom. The van der Waals surface area contributed by atoms with Crippen LogP contribution in [-0.4, -0.2) is 16.7 Å². The summed E-state index contributed by atoms with van der Waals surface area (Å²) in [5, 5.41) is 6.52. The summed E-state index contributed by atoms with van der Waals surface area (Å²) in [7, 11) is 0. The molecule has 4 rings (SSSR count). The fourth-order valence-electron chi connectivity index (χ4n) is 3.48. The summed E-state index contributed by atoms with van der Waals surface area (Å²) >= 11 is 0. The maximum atomic E-state index is 5.79. The van der Waals surface area contributed by atoms with Gasteiger partial charge in [-0.2, -0.15) is 4.98 Å². The topological polar surface area (TPSA) is 48.2 Å². The van der Waals surface area contributed by atoms with Crippen molar-refractivity contribution in [2.24, 2.45) is 0 Å². The molecule has 0 atom stereocenters. The van der Waals surface area contributed by atoms with Gasteiger partial charge in [-0.05, 0) is 48.2 Å². The first kappa shape index (κ1) is 18.7. The van der Waals surface area contributed by atoms with Gasteiger partial charge >= 0.3 is 0 Å². The first-order chi connectivity index (χ1) is 12.3. The number of rotatable bonds is 6. The van der Waals surface area contributed by atoms with Crippen LogP contribution in [0.25, 0.3) is 22.2 Å². The molecule has 0 N–H and O–H groups in total. The molecule has 1 heterocycles. The third-order valence-electron chi connectivity index (χ3n) is 4.98. The Labute approximate surface area is 160 Å². The van der Waals surface area contributed by atoms with Crippen molar-refractivity contribution < 1.29 is 9.26 Å². The van der Waals surface area contributed by atoms with Crippen molar-refractivity contribution in [3.8, 4) is 17.1 Å². The Balaban J connectivity index is 0.00000196. The van der Waals surface area contributed by atoms with Crippen LogP contribution in [0.1, 0.15) is 57.3 Å². The monoisotopic (exact) mass is 372 g/mol. The smallest absolute Gasteiger partial charge is 0.230 e. The molecule has 1 aromatic heterocycles. The van der Waals surface area contributed by atoms with E-state index in [2.05, 4.69) is 47.4 Å². The number of benzene rings is 2. The van der Waals surface area contributed by atoms with Gasteiger partial charge in [0, 0.05) is 11.5 Å². The first-order valence-electron chi connectivity index (χ1n) is 9.34. The summed E-state index contributed by atoms with van der Waals surface area (Å²) in [6, 6.07) is 12.5. The Kier molecular flexibility index (Phi) is 6.15. The molecular formula is C21H25ClN2O2. The Morgan fingerprint density at radius 2 is 1.85 bits per heavy atom. The van der Waals surface area contributed by atoms with Gasteiger partial charge in [0.2, 0.25) is 11.7 Å². The van der Waals surface area contributed by atoms with Gasteiger partial charge in [0.1, 0.15) is 5.75 Å². The van der Waals surface area contributed by atoms with Crippen LogP contribution >= 0.6 is 12.4 Å². The molecule has 138 valence electrons. The lowest BCUT2D eigenvalue weighted by Gasteiger charge is -2.07. The van der Waals surface area contributed by atoms with Crippen molar-refractivity contribution >= 4 is 23.2 Å². The van der Waals surface area contributed by atoms with Crippen LogP contribution in [0, 0.1) is 0 Å². The number of hydrogen-bond acceptors (Lipinski definition) is 4. The molecule has 1 fully saturated rings. The molecule has 0 bridgehead atoms. The number of halogens is 1. The van der Waals surface area contributed by atoms with Gasteiger partial charge < -0.3 is 9.26 Å². The molecule has 1 aliphatic carbocycles. The molecule has 26 heavy (non-hydrogen) atoms. The van der Waals surface area contributed by atoms with E-state index in [4.69, 9.17) is 9.26 Å². The number of nitrogens with zero attached hydrogens (tertiary/aromatic N) is 2. The van der Waals surface area contributed by atoms with Gasteiger partial charge in [0.05, 0.1) is 6.61 Å². The molecule has 5 heteroatoms. The third kappa shape index (κ3) is 4.01. The van der Waals surface area contributed by atoms with E-state index in [1.165, 1.54) is 25.7 Å². The minimum absolute atomic E-state index is 0. The van der Waals surface area contributed by atoms with Gasteiger partial charge in [-0.25, -0.2) is 0 Å². The molecule has 1 saturated carbocycles. The Morgan fingerprint density at radius 3 is 2.65 bits per heavy atom. The van der Waals surface area contributed by atoms with Crippen LogP contribution in [0.2, 0.25) is 0 Å². The van der Waals surface area contributed by atoms with E-state index in [1.54, 1.807) is 0 Å². The Hall–Kier alpha value is -2.07. The molecule has 3 aromatic rings. The van der Waals surface area contributed by atoms with Gasteiger partial charge in [-0.3, -0.25) is 0 Å². The summed E-state index contributed by atoms with van der Waals surface area (Å²) in [5.41, 5.74) is 1.00. The van der Waals surface area contributed by atoms with Crippen molar-refractivity contribution in [3.05, 3.63) is 42.3 Å². The van der Waals surface area contributed by atoms with E-state index in [0.29, 0.717) is 11.7 Å². The summed E-state index contributed by atoms with van der Waals surface area (Å²) in [4.78, 5) is 4.63. The van der Waals surface area contributed by atoms with Crippen LogP contribution in [-0.2, 0) is 0 Å². The highest BCUT2D eigenvalue weighted by atomic mass is 35.5. The summed E-state index contributed by atoms with van der Waals surface area (Å²) in [6.45, 7) is 2.94. The average Bonchev–Trinajstić information content (AvgIpc) is 3.33. The van der Waals surface area contributed by atoms with Crippen LogP contribution in [0.4, 0.5) is 0 Å². The van der Waals surface area contributed by atoms with Crippen LogP contribution in [0.3, 0.4) is 0 Å². The van der Waals surface area contributed by atoms with Crippen LogP contribution in [0.5, 0.6) is 5.75 Å². The largest absolute Gasteiger partial charge is 0.494 e. The number of hydrogen-bond donors (Lipinski definition) is 0. The molecule has 0 radical (unpaired) electrons. The fraction of sp³-hybridized carbons (Fsp3) is 0.429. The van der Waals surface area contributed by atoms with Gasteiger partial charge in [-0.1, -0.05) is 49.5 Å². The van der Waals surface area contributed by atoms with Crippen molar-refractivity contribution in [3.63, 3.8) is 0 Å². The highest BCUT2D eigenvalue weighted by Gasteiger charge is 2.23. The fourth-order valence-corrected chi connectivity index (χ4v) is 3.48. The summed E-state index contributed by atoms with van der Waals surface area (Å²) in [5.74, 6) is 2.86. The van der Waals surface area contributed by atoms with E-state index in [9.17, 15) is 0 Å². The number of unbranched alkanes of at least 4 members (excludes halogenated alkanes) is 1. The Bertz CT molecular complexity index is 856. The van der Waals surface area contributed by atoms with Crippen molar-refractivity contribution in [2.45, 2.75) is 51.4 Å². The highest BCUT2D eigenvalue weighted by molar-refractivity contribution is 5.87. The minimum Gasteiger partial charge on any atom is -0.494 e. The SMILES string of the molecule is CCCCOc1ccc2cc(-c3noc(C4CCCC4)n3)ccc2c1.Cl. The lowest BCUT2D eigenvalue weighted by molar-refractivity contribution is 0.310. The molecule has 4 nitrogen and oxygen atoms in total. The number of fused-ring (bicyclic) bond motifs is 1. The minimum atomic E-state index is 0. The maximum Gasteiger partial charge on any atom is 0.230 e. The third-order valence-corrected chi connectivity index (χ3v) is 4.98. The molecule has 0 saturated heterocycles. The lowest BCUT2D eigenvalue weighted by Crippen LogP contribution is -1.96. The van der Waals surface area contributed by atoms with E-state index in [-0.39, 0.29) is 12.4 Å². The van der Waals surface area contributed by atoms with Crippen molar-refractivity contribution in [2.75, 3.05) is 6.61 Å². The van der Waals surface area contributed by atoms with Crippen molar-refractivity contribution in [1.82, 2.24) is 10.1 Å². The highest BCUT2D eigenvalue weighted by Crippen LogP contribution is 2.34. The normalized spacial score (nSPS) is 14.5. The van der Waals surface area contributed by atoms with Crippen LogP contribution < -0.4 is 4.74 Å². The quantitative estimate of drug-likeness (QED) is 0.487. The zero-order chi connectivity index (χ0) is 17.1. The maximum absolute atomic E-state index is 5.79. The second-order valence-electron chi connectivity index (χ2n) is 6.86. The number of ether oxygens (including phenoxy) is 1. The predicted molar refractivity (Wildman–Crippen MR) is 106 cm³/mol. The number of aromatic nitrogens is 2. The van der Waals surface area contributed by atoms with Gasteiger partial charge in [0.15, 0.2) is 0 Å². The predicted octanol–water partition coefficient (Wildman–Crippen LogP) is 6.15. The molecule has 0 amide bonds. The molecule has 2 aromatic carbocycles. The molecular weight excluding hydrogens is 348 g/mol. The van der Waals surface area contributed by atoms with E-state index in [1.807, 2.05) is 6.07 Å². The van der Waals surface area contributed by atoms with E-state index >= 15 is 0 Å². The molecule has 0 spiro atoms. The molecule has 1 aliphatic rings. The summed E-state index contributed by atoms with van der Waals surface area (Å²) < 4.78 is 11.3. The second kappa shape index (κ2) is 8.54. The zero-order valence-corrected chi connectivity index (χ0v) is 15.9. The average molecular weight is 373 g/mol. The molecule has 0 aliphatic heterocycles. The first-order valence-corrected chi connectivity index (χ1v) is 9.34. The molecule has 0 unspecified atom stereocenters. The van der Waals surface area contributed by atoms with Gasteiger partial charge in [0.25, 0.3) is 0 Å². The summed E-state index contributed by atoms with van der Waals surface area (Å²) in [6.07, 6.45) is 7.09. The standard InChI is InChI=1S/C21H24N2O2.ClH/c1-2-3-12-24-19-11-10-16-13-18(9-8-17(16)14-19)20-22-21(25-23-20)15-6-4-5-7-15;/h8-11,13-15H,2-7,12H2,1H3;1H.